The fourth-order valence-electron chi connectivity index (χ4n) is 1.38. The number of alkyl carbamates (subject to hydrolysis) is 1. The monoisotopic (exact) mass is 243 g/mol. The third-order valence-corrected chi connectivity index (χ3v) is 1.90. The van der Waals surface area contributed by atoms with Crippen molar-refractivity contribution in [3.63, 3.8) is 0 Å². The molecule has 0 aliphatic rings. The maximum Gasteiger partial charge on any atom is 0.408 e. The molecule has 100 valence electrons. The predicted octanol–water partition coefficient (Wildman–Crippen LogP) is 2.47. The lowest BCUT2D eigenvalue weighted by atomic mass is 10.0. The summed E-state index contributed by atoms with van der Waals surface area (Å²) in [6, 6.07) is -0.100. The molecule has 0 heterocycles. The van der Waals surface area contributed by atoms with E-state index in [9.17, 15) is 4.79 Å². The van der Waals surface area contributed by atoms with Crippen LogP contribution in [0.25, 0.3) is 0 Å². The molecule has 0 aliphatic carbocycles. The van der Waals surface area contributed by atoms with E-state index in [1.807, 2.05) is 20.8 Å². The highest BCUT2D eigenvalue weighted by Gasteiger charge is 2.18. The summed E-state index contributed by atoms with van der Waals surface area (Å²) in [5.41, 5.74) is -0.493. The molecule has 0 aromatic carbocycles. The standard InChI is InChI=1S/C13H25NO3/c1-10(2)9-11(7-6-8-15)14-12(16)17-13(3,4)5/h6-7,10-11,15H,8-9H2,1-5H3,(H,14,16)/t11-/m1/s1. The predicted molar refractivity (Wildman–Crippen MR) is 68.8 cm³/mol. The van der Waals surface area contributed by atoms with E-state index in [2.05, 4.69) is 19.2 Å². The number of carbonyl (C=O) groups is 1. The molecule has 4 heteroatoms. The molecule has 17 heavy (non-hydrogen) atoms. The van der Waals surface area contributed by atoms with Gasteiger partial charge in [0.05, 0.1) is 12.6 Å². The molecule has 0 unspecified atom stereocenters. The Hall–Kier alpha value is -1.03. The van der Waals surface area contributed by atoms with E-state index in [0.29, 0.717) is 5.92 Å². The number of hydrogen-bond donors (Lipinski definition) is 2. The Kier molecular flexibility index (Phi) is 6.88. The van der Waals surface area contributed by atoms with E-state index in [4.69, 9.17) is 9.84 Å². The van der Waals surface area contributed by atoms with Crippen LogP contribution < -0.4 is 5.32 Å². The molecule has 2 N–H and O–H groups in total. The number of aliphatic hydroxyl groups excluding tert-OH is 1. The molecule has 0 saturated heterocycles. The quantitative estimate of drug-likeness (QED) is 0.729. The van der Waals surface area contributed by atoms with Crippen LogP contribution in [0.2, 0.25) is 0 Å². The van der Waals surface area contributed by atoms with Crippen LogP contribution in [0.4, 0.5) is 4.79 Å². The Morgan fingerprint density at radius 2 is 2.00 bits per heavy atom. The van der Waals surface area contributed by atoms with Gasteiger partial charge in [0.25, 0.3) is 0 Å². The van der Waals surface area contributed by atoms with Crippen LogP contribution in [0.3, 0.4) is 0 Å². The number of amides is 1. The van der Waals surface area contributed by atoms with Gasteiger partial charge in [-0.2, -0.15) is 0 Å². The molecule has 0 aliphatic heterocycles. The third kappa shape index (κ3) is 9.87. The lowest BCUT2D eigenvalue weighted by Crippen LogP contribution is -2.38. The van der Waals surface area contributed by atoms with Gasteiger partial charge < -0.3 is 15.2 Å². The summed E-state index contributed by atoms with van der Waals surface area (Å²) in [5, 5.41) is 11.5. The van der Waals surface area contributed by atoms with E-state index in [1.165, 1.54) is 0 Å². The first-order valence-corrected chi connectivity index (χ1v) is 6.01. The first-order valence-electron chi connectivity index (χ1n) is 6.01. The largest absolute Gasteiger partial charge is 0.444 e. The molecule has 0 radical (unpaired) electrons. The minimum absolute atomic E-state index is 0.0232. The fraction of sp³-hybridized carbons (Fsp3) is 0.769. The van der Waals surface area contributed by atoms with Gasteiger partial charge in [0.2, 0.25) is 0 Å². The number of ether oxygens (including phenoxy) is 1. The lowest BCUT2D eigenvalue weighted by Gasteiger charge is -2.23. The van der Waals surface area contributed by atoms with E-state index in [0.717, 1.165) is 6.42 Å². The number of nitrogens with one attached hydrogen (secondary N) is 1. The molecule has 0 spiro atoms. The summed E-state index contributed by atoms with van der Waals surface area (Å²) in [5.74, 6) is 0.457. The zero-order chi connectivity index (χ0) is 13.5. The summed E-state index contributed by atoms with van der Waals surface area (Å²) in [7, 11) is 0. The fourth-order valence-corrected chi connectivity index (χ4v) is 1.38. The van der Waals surface area contributed by atoms with Crippen molar-refractivity contribution >= 4 is 6.09 Å². The number of aliphatic hydroxyl groups is 1. The molecular formula is C13H25NO3. The van der Waals surface area contributed by atoms with Crippen LogP contribution in [-0.2, 0) is 4.74 Å². The van der Waals surface area contributed by atoms with Gasteiger partial charge in [-0.25, -0.2) is 4.79 Å². The van der Waals surface area contributed by atoms with Gasteiger partial charge >= 0.3 is 6.09 Å². The normalized spacial score (nSPS) is 14.1. The van der Waals surface area contributed by atoms with Crippen LogP contribution in [0.15, 0.2) is 12.2 Å². The Bertz CT molecular complexity index is 254. The zero-order valence-electron chi connectivity index (χ0n) is 11.5. The third-order valence-electron chi connectivity index (χ3n) is 1.90. The minimum atomic E-state index is -0.493. The molecule has 0 fully saturated rings. The van der Waals surface area contributed by atoms with E-state index >= 15 is 0 Å². The van der Waals surface area contributed by atoms with Crippen molar-refractivity contribution < 1.29 is 14.6 Å². The van der Waals surface area contributed by atoms with Gasteiger partial charge in [0.1, 0.15) is 5.60 Å². The van der Waals surface area contributed by atoms with Gasteiger partial charge in [-0.15, -0.1) is 0 Å². The molecule has 4 nitrogen and oxygen atoms in total. The van der Waals surface area contributed by atoms with Gasteiger partial charge in [0, 0.05) is 0 Å². The van der Waals surface area contributed by atoms with Gasteiger partial charge in [-0.05, 0) is 33.1 Å². The highest BCUT2D eigenvalue weighted by molar-refractivity contribution is 5.68. The number of rotatable bonds is 5. The topological polar surface area (TPSA) is 58.6 Å². The van der Waals surface area contributed by atoms with Crippen LogP contribution in [0.1, 0.15) is 41.0 Å². The molecular weight excluding hydrogens is 218 g/mol. The molecule has 0 saturated carbocycles. The van der Waals surface area contributed by atoms with Crippen molar-refractivity contribution in [2.45, 2.75) is 52.7 Å². The van der Waals surface area contributed by atoms with E-state index in [-0.39, 0.29) is 12.6 Å². The molecule has 1 amide bonds. The Morgan fingerprint density at radius 3 is 2.41 bits per heavy atom. The highest BCUT2D eigenvalue weighted by Crippen LogP contribution is 2.09. The summed E-state index contributed by atoms with van der Waals surface area (Å²) in [6.45, 7) is 9.62. The Labute approximate surface area is 104 Å². The maximum absolute atomic E-state index is 11.6. The van der Waals surface area contributed by atoms with Crippen molar-refractivity contribution in [3.05, 3.63) is 12.2 Å². The summed E-state index contributed by atoms with van der Waals surface area (Å²) >= 11 is 0. The highest BCUT2D eigenvalue weighted by atomic mass is 16.6. The molecule has 0 bridgehead atoms. The summed E-state index contributed by atoms with van der Waals surface area (Å²) in [4.78, 5) is 11.6. The molecule has 0 aromatic heterocycles. The maximum atomic E-state index is 11.6. The second-order valence-electron chi connectivity index (χ2n) is 5.49. The van der Waals surface area contributed by atoms with Gasteiger partial charge in [0.15, 0.2) is 0 Å². The average Bonchev–Trinajstić information content (AvgIpc) is 2.09. The van der Waals surface area contributed by atoms with Crippen LogP contribution >= 0.6 is 0 Å². The van der Waals surface area contributed by atoms with Gasteiger partial charge in [-0.1, -0.05) is 26.0 Å². The van der Waals surface area contributed by atoms with E-state index in [1.54, 1.807) is 12.2 Å². The van der Waals surface area contributed by atoms with Crippen LogP contribution in [0.5, 0.6) is 0 Å². The summed E-state index contributed by atoms with van der Waals surface area (Å²) < 4.78 is 5.18. The first kappa shape index (κ1) is 16.0. The molecule has 0 rings (SSSR count). The molecule has 1 atom stereocenters. The van der Waals surface area contributed by atoms with Crippen molar-refractivity contribution in [3.8, 4) is 0 Å². The lowest BCUT2D eigenvalue weighted by molar-refractivity contribution is 0.0510. The van der Waals surface area contributed by atoms with Gasteiger partial charge in [-0.3, -0.25) is 0 Å². The molecule has 0 aromatic rings. The SMILES string of the molecule is CC(C)C[C@@H](C=CCO)NC(=O)OC(C)(C)C. The second kappa shape index (κ2) is 7.33. The smallest absolute Gasteiger partial charge is 0.408 e. The first-order chi connectivity index (χ1) is 7.74. The number of carbonyl (C=O) groups excluding carboxylic acids is 1. The van der Waals surface area contributed by atoms with E-state index < -0.39 is 11.7 Å². The minimum Gasteiger partial charge on any atom is -0.444 e. The average molecular weight is 243 g/mol. The van der Waals surface area contributed by atoms with Crippen LogP contribution in [-0.4, -0.2) is 29.4 Å². The second-order valence-corrected chi connectivity index (χ2v) is 5.49. The van der Waals surface area contributed by atoms with Crippen LogP contribution in [0, 0.1) is 5.92 Å². The number of hydrogen-bond acceptors (Lipinski definition) is 3. The zero-order valence-corrected chi connectivity index (χ0v) is 11.5. The van der Waals surface area contributed by atoms with Crippen molar-refractivity contribution in [1.82, 2.24) is 5.32 Å². The Morgan fingerprint density at radius 1 is 1.41 bits per heavy atom. The Balaban J connectivity index is 4.32. The van der Waals surface area contributed by atoms with Crippen molar-refractivity contribution in [1.29, 1.82) is 0 Å². The van der Waals surface area contributed by atoms with Crippen molar-refractivity contribution in [2.75, 3.05) is 6.61 Å². The van der Waals surface area contributed by atoms with Crippen molar-refractivity contribution in [2.24, 2.45) is 5.92 Å². The summed E-state index contributed by atoms with van der Waals surface area (Å²) in [6.07, 6.45) is 3.81.